The van der Waals surface area contributed by atoms with E-state index >= 15 is 0 Å². The van der Waals surface area contributed by atoms with Crippen LogP contribution in [-0.4, -0.2) is 9.13 Å². The van der Waals surface area contributed by atoms with Gasteiger partial charge in [0, 0.05) is 43.7 Å². The highest BCUT2D eigenvalue weighted by atomic mass is 15.0. The minimum atomic E-state index is -0.0232. The number of allylic oxidation sites excluding steroid dienone is 10. The van der Waals surface area contributed by atoms with Gasteiger partial charge in [-0.05, 0) is 83.6 Å². The molecule has 0 aliphatic heterocycles. The van der Waals surface area contributed by atoms with Gasteiger partial charge in [0.05, 0.1) is 22.1 Å². The first-order chi connectivity index (χ1) is 27.4. The van der Waals surface area contributed by atoms with E-state index in [4.69, 9.17) is 0 Å². The molecule has 56 heavy (non-hydrogen) atoms. The van der Waals surface area contributed by atoms with Crippen LogP contribution in [0.25, 0.3) is 67.1 Å². The first-order valence-corrected chi connectivity index (χ1v) is 19.8. The van der Waals surface area contributed by atoms with Crippen LogP contribution in [0, 0.1) is 10.8 Å². The van der Waals surface area contributed by atoms with Gasteiger partial charge in [-0.3, -0.25) is 0 Å². The molecule has 2 heterocycles. The van der Waals surface area contributed by atoms with Crippen LogP contribution in [0.5, 0.6) is 0 Å². The van der Waals surface area contributed by atoms with E-state index in [2.05, 4.69) is 229 Å². The molecule has 0 amide bonds. The van der Waals surface area contributed by atoms with Gasteiger partial charge < -0.3 is 9.13 Å². The Bertz CT molecular complexity index is 2870. The van der Waals surface area contributed by atoms with Gasteiger partial charge in [0.15, 0.2) is 0 Å². The van der Waals surface area contributed by atoms with E-state index in [9.17, 15) is 0 Å². The Morgan fingerprint density at radius 3 is 1.34 bits per heavy atom. The summed E-state index contributed by atoms with van der Waals surface area (Å²) in [6, 6.07) is 52.6. The van der Waals surface area contributed by atoms with E-state index in [1.807, 2.05) is 0 Å². The molecule has 2 nitrogen and oxygen atoms in total. The lowest BCUT2D eigenvalue weighted by Gasteiger charge is -2.34. The molecule has 0 spiro atoms. The molecule has 2 aromatic heterocycles. The summed E-state index contributed by atoms with van der Waals surface area (Å²) in [5.41, 5.74) is 12.3. The highest BCUT2D eigenvalue weighted by Crippen LogP contribution is 2.43. The molecular weight excluding hydrogens is 677 g/mol. The number of benzene rings is 6. The largest absolute Gasteiger partial charge is 0.309 e. The number of rotatable bonds is 7. The first kappa shape index (κ1) is 33.9. The quantitative estimate of drug-likeness (QED) is 0.155. The van der Waals surface area contributed by atoms with Crippen LogP contribution in [-0.2, 0) is 0 Å². The van der Waals surface area contributed by atoms with Crippen molar-refractivity contribution in [3.8, 4) is 11.4 Å². The van der Waals surface area contributed by atoms with Crippen molar-refractivity contribution in [3.63, 3.8) is 0 Å². The SMILES string of the molecule is CC1(/C=C/c2ccc(-n3c4ccccc4c4ccccc43)cc2)C=CC(C2(C)C=CC(/C=C/c3ccc(-n4c5ccccc5c5ccccc54)cc3)=CC2)=CC1. The lowest BCUT2D eigenvalue weighted by Crippen LogP contribution is -2.21. The maximum Gasteiger partial charge on any atom is 0.0541 e. The summed E-state index contributed by atoms with van der Waals surface area (Å²) in [6.07, 6.45) is 25.4. The van der Waals surface area contributed by atoms with Gasteiger partial charge in [-0.2, -0.15) is 0 Å². The van der Waals surface area contributed by atoms with E-state index < -0.39 is 0 Å². The fourth-order valence-electron chi connectivity index (χ4n) is 8.73. The van der Waals surface area contributed by atoms with Gasteiger partial charge in [0.1, 0.15) is 0 Å². The van der Waals surface area contributed by atoms with Gasteiger partial charge >= 0.3 is 0 Å². The monoisotopic (exact) mass is 720 g/mol. The summed E-state index contributed by atoms with van der Waals surface area (Å²) in [7, 11) is 0. The summed E-state index contributed by atoms with van der Waals surface area (Å²) in [4.78, 5) is 0. The summed E-state index contributed by atoms with van der Waals surface area (Å²) in [5, 5.41) is 5.15. The van der Waals surface area contributed by atoms with Crippen molar-refractivity contribution in [3.05, 3.63) is 216 Å². The molecule has 2 heteroatoms. The van der Waals surface area contributed by atoms with Crippen LogP contribution in [0.3, 0.4) is 0 Å². The smallest absolute Gasteiger partial charge is 0.0541 e. The van der Waals surface area contributed by atoms with E-state index in [-0.39, 0.29) is 10.8 Å². The molecule has 2 aliphatic rings. The zero-order valence-corrected chi connectivity index (χ0v) is 31.9. The predicted molar refractivity (Wildman–Crippen MR) is 240 cm³/mol. The number of hydrogen-bond donors (Lipinski definition) is 0. The number of nitrogens with zero attached hydrogens (tertiary/aromatic N) is 2. The van der Waals surface area contributed by atoms with Crippen LogP contribution in [0.4, 0.5) is 0 Å². The lowest BCUT2D eigenvalue weighted by molar-refractivity contribution is 0.496. The molecule has 2 aliphatic carbocycles. The molecule has 6 aromatic carbocycles. The third-order valence-corrected chi connectivity index (χ3v) is 12.1. The molecule has 2 unspecified atom stereocenters. The topological polar surface area (TPSA) is 9.86 Å². The molecular formula is C54H44N2. The second kappa shape index (κ2) is 13.6. The fourth-order valence-corrected chi connectivity index (χ4v) is 8.73. The number of para-hydroxylation sites is 4. The highest BCUT2D eigenvalue weighted by molar-refractivity contribution is 6.10. The van der Waals surface area contributed by atoms with Crippen LogP contribution in [0.1, 0.15) is 37.8 Å². The Balaban J connectivity index is 0.791. The molecule has 10 rings (SSSR count). The number of hydrogen-bond acceptors (Lipinski definition) is 0. The predicted octanol–water partition coefficient (Wildman–Crippen LogP) is 14.4. The first-order valence-electron chi connectivity index (χ1n) is 19.8. The Labute approximate surface area is 329 Å². The number of aromatic nitrogens is 2. The van der Waals surface area contributed by atoms with Crippen molar-refractivity contribution in [1.29, 1.82) is 0 Å². The molecule has 0 N–H and O–H groups in total. The van der Waals surface area contributed by atoms with Crippen molar-refractivity contribution in [2.24, 2.45) is 10.8 Å². The van der Waals surface area contributed by atoms with Crippen molar-refractivity contribution < 1.29 is 0 Å². The minimum Gasteiger partial charge on any atom is -0.309 e. The summed E-state index contributed by atoms with van der Waals surface area (Å²) in [6.45, 7) is 4.69. The Kier molecular flexibility index (Phi) is 8.22. The Morgan fingerprint density at radius 1 is 0.446 bits per heavy atom. The molecule has 2 atom stereocenters. The summed E-state index contributed by atoms with van der Waals surface area (Å²) < 4.78 is 4.74. The maximum atomic E-state index is 2.45. The van der Waals surface area contributed by atoms with E-state index in [0.29, 0.717) is 0 Å². The van der Waals surface area contributed by atoms with Crippen molar-refractivity contribution in [1.82, 2.24) is 9.13 Å². The highest BCUT2D eigenvalue weighted by Gasteiger charge is 2.29. The van der Waals surface area contributed by atoms with Crippen LogP contribution in [0.2, 0.25) is 0 Å². The van der Waals surface area contributed by atoms with Crippen LogP contribution in [0.15, 0.2) is 205 Å². The molecule has 0 saturated carbocycles. The van der Waals surface area contributed by atoms with Gasteiger partial charge in [-0.25, -0.2) is 0 Å². The van der Waals surface area contributed by atoms with Crippen molar-refractivity contribution in [2.45, 2.75) is 26.7 Å². The third kappa shape index (κ3) is 5.99. The van der Waals surface area contributed by atoms with E-state index in [1.54, 1.807) is 0 Å². The summed E-state index contributed by atoms with van der Waals surface area (Å²) >= 11 is 0. The van der Waals surface area contributed by atoms with Crippen molar-refractivity contribution in [2.75, 3.05) is 0 Å². The standard InChI is InChI=1S/C54H44N2/c1-53(34-29-40-23-27-44(28-24-40)56-51-17-9-5-13-47(51)48-14-6-10-18-52(48)56)35-32-42(33-36-53)54(2)37-30-41(31-38-54)20-19-39-21-25-43(26-22-39)55-49-15-7-3-11-45(49)46-12-4-8-16-50(46)55/h3-35,37H,36,38H2,1-2H3/b20-19+,34-29+. The van der Waals surface area contributed by atoms with Gasteiger partial charge in [-0.15, -0.1) is 0 Å². The molecule has 8 aromatic rings. The third-order valence-electron chi connectivity index (χ3n) is 12.1. The molecule has 0 fully saturated rings. The second-order valence-electron chi connectivity index (χ2n) is 16.0. The zero-order chi connectivity index (χ0) is 37.7. The second-order valence-corrected chi connectivity index (χ2v) is 16.0. The lowest BCUT2D eigenvalue weighted by atomic mass is 9.71. The van der Waals surface area contributed by atoms with Crippen molar-refractivity contribution >= 4 is 55.8 Å². The van der Waals surface area contributed by atoms with E-state index in [0.717, 1.165) is 12.8 Å². The van der Waals surface area contributed by atoms with Crippen LogP contribution >= 0.6 is 0 Å². The fraction of sp³-hybridized carbons (Fsp3) is 0.111. The van der Waals surface area contributed by atoms with Gasteiger partial charge in [0.2, 0.25) is 0 Å². The number of fused-ring (bicyclic) bond motifs is 6. The zero-order valence-electron chi connectivity index (χ0n) is 31.9. The average Bonchev–Trinajstić information content (AvgIpc) is 3.77. The molecule has 0 radical (unpaired) electrons. The summed E-state index contributed by atoms with van der Waals surface area (Å²) in [5.74, 6) is 0. The average molecular weight is 721 g/mol. The minimum absolute atomic E-state index is 0.00845. The van der Waals surface area contributed by atoms with Gasteiger partial charge in [-0.1, -0.05) is 172 Å². The van der Waals surface area contributed by atoms with Gasteiger partial charge in [0.25, 0.3) is 0 Å². The van der Waals surface area contributed by atoms with E-state index in [1.165, 1.54) is 77.3 Å². The Hall–Kier alpha value is -6.64. The molecule has 0 bridgehead atoms. The molecule has 0 saturated heterocycles. The molecule has 270 valence electrons. The normalized spacial score (nSPS) is 19.9. The van der Waals surface area contributed by atoms with Crippen LogP contribution < -0.4 is 0 Å². The maximum absolute atomic E-state index is 2.45. The Morgan fingerprint density at radius 2 is 0.911 bits per heavy atom.